The molecule has 0 atom stereocenters. The van der Waals surface area contributed by atoms with Gasteiger partial charge in [-0.05, 0) is 61.2 Å². The highest BCUT2D eigenvalue weighted by molar-refractivity contribution is 7.99. The molecule has 1 aromatic heterocycles. The van der Waals surface area contributed by atoms with Crippen molar-refractivity contribution in [3.63, 3.8) is 0 Å². The van der Waals surface area contributed by atoms with Crippen LogP contribution in [-0.4, -0.2) is 35.4 Å². The fourth-order valence-electron chi connectivity index (χ4n) is 6.13. The Morgan fingerprint density at radius 1 is 0.975 bits per heavy atom. The minimum atomic E-state index is -0.216. The number of benzene rings is 3. The van der Waals surface area contributed by atoms with Gasteiger partial charge >= 0.3 is 0 Å². The first kappa shape index (κ1) is 26.2. The van der Waals surface area contributed by atoms with Crippen LogP contribution in [0.2, 0.25) is 0 Å². The van der Waals surface area contributed by atoms with Crippen molar-refractivity contribution in [1.29, 1.82) is 0 Å². The minimum absolute atomic E-state index is 0.0563. The zero-order valence-electron chi connectivity index (χ0n) is 22.6. The summed E-state index contributed by atoms with van der Waals surface area (Å²) in [7, 11) is 3.18. The first-order chi connectivity index (χ1) is 19.5. The second-order valence-electron chi connectivity index (χ2n) is 10.3. The van der Waals surface area contributed by atoms with Crippen molar-refractivity contribution in [2.24, 2.45) is 0 Å². The SMILES string of the molecule is COc1ccc(-n2c(SCC(=O)Nc3ccccc3OC)nc3c(c2=O)C2(CCCC2)Cc2ccccc2-3)cc1. The summed E-state index contributed by atoms with van der Waals surface area (Å²) in [6.07, 6.45) is 5.00. The van der Waals surface area contributed by atoms with E-state index in [1.165, 1.54) is 17.3 Å². The fraction of sp³-hybridized carbons (Fsp3) is 0.281. The Hall–Kier alpha value is -4.04. The number of nitrogens with zero attached hydrogens (tertiary/aromatic N) is 2. The third-order valence-electron chi connectivity index (χ3n) is 7.99. The van der Waals surface area contributed by atoms with E-state index in [1.54, 1.807) is 30.9 Å². The van der Waals surface area contributed by atoms with Gasteiger partial charge in [-0.3, -0.25) is 14.2 Å². The molecule has 2 aliphatic rings. The molecule has 1 saturated carbocycles. The number of ether oxygens (including phenoxy) is 2. The van der Waals surface area contributed by atoms with E-state index in [0.29, 0.717) is 28.0 Å². The van der Waals surface area contributed by atoms with E-state index in [1.807, 2.05) is 42.5 Å². The third-order valence-corrected chi connectivity index (χ3v) is 8.93. The number of nitrogens with one attached hydrogen (secondary N) is 1. The van der Waals surface area contributed by atoms with Crippen molar-refractivity contribution in [2.45, 2.75) is 42.7 Å². The van der Waals surface area contributed by atoms with Crippen LogP contribution in [0, 0.1) is 0 Å². The first-order valence-corrected chi connectivity index (χ1v) is 14.5. The molecule has 1 spiro atoms. The van der Waals surface area contributed by atoms with Gasteiger partial charge in [0.15, 0.2) is 5.16 Å². The second kappa shape index (κ2) is 10.8. The number of hydrogen-bond donors (Lipinski definition) is 1. The summed E-state index contributed by atoms with van der Waals surface area (Å²) in [5.74, 6) is 1.15. The number of carbonyl (C=O) groups excluding carboxylic acids is 1. The number of methoxy groups -OCH3 is 2. The monoisotopic (exact) mass is 553 g/mol. The number of aromatic nitrogens is 2. The van der Waals surface area contributed by atoms with Crippen LogP contribution < -0.4 is 20.3 Å². The van der Waals surface area contributed by atoms with Gasteiger partial charge in [0.05, 0.1) is 42.6 Å². The van der Waals surface area contributed by atoms with Crippen molar-refractivity contribution in [1.82, 2.24) is 9.55 Å². The standard InChI is InChI=1S/C32H31N3O4S/c1-38-23-15-13-22(14-16-23)35-30(37)28-29(24-10-4-3-9-21(24)19-32(28)17-7-8-18-32)34-31(35)40-20-27(36)33-25-11-5-6-12-26(25)39-2/h3-6,9-16H,7-8,17-20H2,1-2H3,(H,33,36). The molecule has 8 heteroatoms. The molecular formula is C32H31N3O4S. The summed E-state index contributed by atoms with van der Waals surface area (Å²) in [5.41, 5.74) is 4.82. The molecule has 1 fully saturated rings. The number of thioether (sulfide) groups is 1. The summed E-state index contributed by atoms with van der Waals surface area (Å²) >= 11 is 1.25. The number of para-hydroxylation sites is 2. The average Bonchev–Trinajstić information content (AvgIpc) is 3.44. The van der Waals surface area contributed by atoms with E-state index in [2.05, 4.69) is 23.5 Å². The molecular weight excluding hydrogens is 522 g/mol. The Balaban J connectivity index is 1.45. The number of carbonyl (C=O) groups is 1. The first-order valence-electron chi connectivity index (χ1n) is 13.5. The Morgan fingerprint density at radius 3 is 2.45 bits per heavy atom. The number of rotatable bonds is 7. The smallest absolute Gasteiger partial charge is 0.263 e. The third kappa shape index (κ3) is 4.66. The van der Waals surface area contributed by atoms with Gasteiger partial charge in [0, 0.05) is 11.0 Å². The fourth-order valence-corrected chi connectivity index (χ4v) is 6.94. The van der Waals surface area contributed by atoms with Gasteiger partial charge in [-0.1, -0.05) is 61.0 Å². The van der Waals surface area contributed by atoms with Gasteiger partial charge in [-0.2, -0.15) is 0 Å². The Kier molecular flexibility index (Phi) is 7.11. The van der Waals surface area contributed by atoms with Gasteiger partial charge in [0.2, 0.25) is 5.91 Å². The predicted molar refractivity (Wildman–Crippen MR) is 158 cm³/mol. The lowest BCUT2D eigenvalue weighted by molar-refractivity contribution is -0.113. The van der Waals surface area contributed by atoms with Gasteiger partial charge in [-0.25, -0.2) is 4.98 Å². The lowest BCUT2D eigenvalue weighted by Gasteiger charge is -2.36. The number of anilines is 1. The molecule has 204 valence electrons. The van der Waals surface area contributed by atoms with Crippen molar-refractivity contribution in [3.8, 4) is 28.4 Å². The molecule has 1 N–H and O–H groups in total. The summed E-state index contributed by atoms with van der Waals surface area (Å²) in [6.45, 7) is 0. The van der Waals surface area contributed by atoms with E-state index in [4.69, 9.17) is 14.5 Å². The van der Waals surface area contributed by atoms with Crippen LogP contribution in [0.4, 0.5) is 5.69 Å². The van der Waals surface area contributed by atoms with Gasteiger partial charge in [0.1, 0.15) is 11.5 Å². The van der Waals surface area contributed by atoms with Crippen LogP contribution in [0.1, 0.15) is 36.8 Å². The van der Waals surface area contributed by atoms with Crippen LogP contribution in [0.25, 0.3) is 16.9 Å². The van der Waals surface area contributed by atoms with Crippen LogP contribution in [-0.2, 0) is 16.6 Å². The molecule has 6 rings (SSSR count). The summed E-state index contributed by atoms with van der Waals surface area (Å²) in [6, 6.07) is 23.0. The minimum Gasteiger partial charge on any atom is -0.497 e. The average molecular weight is 554 g/mol. The maximum absolute atomic E-state index is 14.5. The lowest BCUT2D eigenvalue weighted by atomic mass is 9.68. The molecule has 0 aliphatic heterocycles. The molecule has 0 bridgehead atoms. The lowest BCUT2D eigenvalue weighted by Crippen LogP contribution is -2.40. The molecule has 4 aromatic rings. The van der Waals surface area contributed by atoms with Crippen LogP contribution >= 0.6 is 11.8 Å². The topological polar surface area (TPSA) is 82.4 Å². The molecule has 1 heterocycles. The second-order valence-corrected chi connectivity index (χ2v) is 11.3. The summed E-state index contributed by atoms with van der Waals surface area (Å²) < 4.78 is 12.4. The van der Waals surface area contributed by atoms with E-state index in [9.17, 15) is 9.59 Å². The molecule has 3 aromatic carbocycles. The molecule has 7 nitrogen and oxygen atoms in total. The summed E-state index contributed by atoms with van der Waals surface area (Å²) in [4.78, 5) is 32.7. The highest BCUT2D eigenvalue weighted by Gasteiger charge is 2.44. The summed E-state index contributed by atoms with van der Waals surface area (Å²) in [5, 5.41) is 3.40. The largest absolute Gasteiger partial charge is 0.497 e. The normalized spacial score (nSPS) is 14.8. The number of hydrogen-bond acceptors (Lipinski definition) is 6. The Labute approximate surface area is 237 Å². The van der Waals surface area contributed by atoms with Crippen molar-refractivity contribution < 1.29 is 14.3 Å². The van der Waals surface area contributed by atoms with E-state index < -0.39 is 0 Å². The molecule has 0 unspecified atom stereocenters. The predicted octanol–water partition coefficient (Wildman–Crippen LogP) is 6.02. The van der Waals surface area contributed by atoms with Gasteiger partial charge in [0.25, 0.3) is 5.56 Å². The van der Waals surface area contributed by atoms with Crippen molar-refractivity contribution in [2.75, 3.05) is 25.3 Å². The molecule has 1 amide bonds. The van der Waals surface area contributed by atoms with Gasteiger partial charge < -0.3 is 14.8 Å². The van der Waals surface area contributed by atoms with E-state index in [-0.39, 0.29) is 22.6 Å². The Morgan fingerprint density at radius 2 is 1.70 bits per heavy atom. The maximum Gasteiger partial charge on any atom is 0.263 e. The van der Waals surface area contributed by atoms with Gasteiger partial charge in [-0.15, -0.1) is 0 Å². The van der Waals surface area contributed by atoms with E-state index in [0.717, 1.165) is 48.9 Å². The highest BCUT2D eigenvalue weighted by atomic mass is 32.2. The van der Waals surface area contributed by atoms with Crippen molar-refractivity contribution in [3.05, 3.63) is 94.3 Å². The number of amides is 1. The Bertz CT molecular complexity index is 1620. The maximum atomic E-state index is 14.5. The zero-order valence-corrected chi connectivity index (χ0v) is 23.4. The molecule has 0 saturated heterocycles. The number of fused-ring (bicyclic) bond motifs is 4. The molecule has 0 radical (unpaired) electrons. The molecule has 2 aliphatic carbocycles. The van der Waals surface area contributed by atoms with E-state index >= 15 is 0 Å². The zero-order chi connectivity index (χ0) is 27.7. The highest BCUT2D eigenvalue weighted by Crippen LogP contribution is 2.50. The van der Waals surface area contributed by atoms with Crippen LogP contribution in [0.5, 0.6) is 11.5 Å². The van der Waals surface area contributed by atoms with Crippen LogP contribution in [0.15, 0.2) is 82.7 Å². The quantitative estimate of drug-likeness (QED) is 0.223. The molecule has 40 heavy (non-hydrogen) atoms. The van der Waals surface area contributed by atoms with Crippen LogP contribution in [0.3, 0.4) is 0 Å². The van der Waals surface area contributed by atoms with Crippen molar-refractivity contribution >= 4 is 23.4 Å².